The second kappa shape index (κ2) is 10.6. The minimum absolute atomic E-state index is 0.0404. The smallest absolute Gasteiger partial charge is 0.303 e. The first-order chi connectivity index (χ1) is 22.0. The van der Waals surface area contributed by atoms with E-state index in [1.807, 2.05) is 0 Å². The molecule has 2 saturated heterocycles. The summed E-state index contributed by atoms with van der Waals surface area (Å²) in [6.07, 6.45) is 9.65. The van der Waals surface area contributed by atoms with Gasteiger partial charge in [-0.1, -0.05) is 34.6 Å². The van der Waals surface area contributed by atoms with Gasteiger partial charge in [0.05, 0.1) is 36.6 Å². The highest BCUT2D eigenvalue weighted by molar-refractivity contribution is 5.66. The van der Waals surface area contributed by atoms with Crippen LogP contribution in [0.1, 0.15) is 120 Å². The Bertz CT molecular complexity index is 1260. The Morgan fingerprint density at radius 2 is 1.70 bits per heavy atom. The van der Waals surface area contributed by atoms with E-state index >= 15 is 0 Å². The zero-order valence-corrected chi connectivity index (χ0v) is 30.4. The number of hydrogen-bond acceptors (Lipinski definition) is 8. The number of carbonyl (C=O) groups is 1. The number of carbonyl (C=O) groups excluding carboxylic acids is 1. The summed E-state index contributed by atoms with van der Waals surface area (Å²) in [4.78, 5) is 14.7. The molecule has 0 unspecified atom stereocenters. The van der Waals surface area contributed by atoms with Crippen molar-refractivity contribution >= 4 is 5.97 Å². The summed E-state index contributed by atoms with van der Waals surface area (Å²) >= 11 is 0. The Balaban J connectivity index is 1.04. The molecule has 6 aliphatic carbocycles. The fourth-order valence-electron chi connectivity index (χ4n) is 14.3. The van der Waals surface area contributed by atoms with Crippen LogP contribution >= 0.6 is 0 Å². The van der Waals surface area contributed by atoms with Crippen molar-refractivity contribution in [1.82, 2.24) is 4.90 Å². The summed E-state index contributed by atoms with van der Waals surface area (Å²) in [5, 5.41) is 23.6. The lowest BCUT2D eigenvalue weighted by Crippen LogP contribution is -2.60. The van der Waals surface area contributed by atoms with Crippen molar-refractivity contribution in [2.45, 2.75) is 168 Å². The molecule has 8 rings (SSSR count). The molecule has 6 saturated carbocycles. The minimum atomic E-state index is -1.25. The molecule has 2 spiro atoms. The molecule has 8 fully saturated rings. The summed E-state index contributed by atoms with van der Waals surface area (Å²) in [7, 11) is 0. The number of aliphatic hydroxyl groups excluding tert-OH is 1. The van der Waals surface area contributed by atoms with Gasteiger partial charge in [0.15, 0.2) is 12.4 Å². The van der Waals surface area contributed by atoms with E-state index in [0.29, 0.717) is 23.7 Å². The van der Waals surface area contributed by atoms with Crippen LogP contribution in [0, 0.1) is 50.7 Å². The van der Waals surface area contributed by atoms with E-state index in [0.717, 1.165) is 45.0 Å². The third-order valence-electron chi connectivity index (χ3n) is 16.5. The molecule has 0 aromatic heterocycles. The van der Waals surface area contributed by atoms with Crippen molar-refractivity contribution in [3.63, 3.8) is 0 Å². The van der Waals surface area contributed by atoms with Crippen molar-refractivity contribution < 1.29 is 34.0 Å². The van der Waals surface area contributed by atoms with E-state index in [9.17, 15) is 15.0 Å². The molecule has 8 aliphatic rings. The zero-order chi connectivity index (χ0) is 33.5. The first-order valence-electron chi connectivity index (χ1n) is 19.2. The van der Waals surface area contributed by atoms with E-state index in [2.05, 4.69) is 39.5 Å². The van der Waals surface area contributed by atoms with Gasteiger partial charge >= 0.3 is 5.97 Å². The first kappa shape index (κ1) is 33.4. The second-order valence-electron chi connectivity index (χ2n) is 19.4. The number of ether oxygens (including phenoxy) is 4. The van der Waals surface area contributed by atoms with Crippen LogP contribution in [0.4, 0.5) is 0 Å². The van der Waals surface area contributed by atoms with Crippen molar-refractivity contribution in [1.29, 1.82) is 0 Å². The molecule has 0 bridgehead atoms. The molecule has 2 heterocycles. The van der Waals surface area contributed by atoms with E-state index in [-0.39, 0.29) is 52.0 Å². The van der Waals surface area contributed by atoms with Crippen LogP contribution in [0.2, 0.25) is 0 Å². The Morgan fingerprint density at radius 3 is 2.38 bits per heavy atom. The fourth-order valence-corrected chi connectivity index (χ4v) is 14.3. The molecule has 8 heteroatoms. The van der Waals surface area contributed by atoms with Gasteiger partial charge in [-0.2, -0.15) is 0 Å². The molecule has 2 aliphatic heterocycles. The SMILES string of the molecule is CC(=O)O[C@@H]([C@H]1C[C@@H](C)[C@H]2[C@H](O1)[C@H](O)[C@@]1(C)[C@@H]3CC[C@H]4C(C)(C)[C@@H](O[C@H]5CN(C6CC6)CCO5)CC[C@@]45C[C@@]35CC[C@]21C)C(C)(C)O. The van der Waals surface area contributed by atoms with Crippen LogP contribution in [0.5, 0.6) is 0 Å². The van der Waals surface area contributed by atoms with Gasteiger partial charge in [-0.05, 0) is 123 Å². The highest BCUT2D eigenvalue weighted by Crippen LogP contribution is 2.89. The topological polar surface area (TPSA) is 97.7 Å². The molecule has 8 nitrogen and oxygen atoms in total. The van der Waals surface area contributed by atoms with Crippen LogP contribution in [0.25, 0.3) is 0 Å². The van der Waals surface area contributed by atoms with E-state index in [4.69, 9.17) is 18.9 Å². The maximum atomic E-state index is 12.6. The van der Waals surface area contributed by atoms with Gasteiger partial charge in [0.25, 0.3) is 0 Å². The zero-order valence-electron chi connectivity index (χ0n) is 30.4. The number of morpholine rings is 1. The summed E-state index contributed by atoms with van der Waals surface area (Å²) < 4.78 is 25.7. The van der Waals surface area contributed by atoms with Gasteiger partial charge in [0, 0.05) is 31.5 Å². The van der Waals surface area contributed by atoms with Crippen LogP contribution < -0.4 is 0 Å². The lowest BCUT2D eigenvalue weighted by atomic mass is 9.41. The summed E-state index contributed by atoms with van der Waals surface area (Å²) in [6, 6.07) is 0.749. The van der Waals surface area contributed by atoms with Gasteiger partial charge in [-0.25, -0.2) is 0 Å². The maximum Gasteiger partial charge on any atom is 0.303 e. The van der Waals surface area contributed by atoms with E-state index in [1.165, 1.54) is 45.4 Å². The molecule has 14 atom stereocenters. The monoisotopic (exact) mass is 657 g/mol. The van der Waals surface area contributed by atoms with Crippen molar-refractivity contribution in [3.8, 4) is 0 Å². The Labute approximate surface area is 283 Å². The first-order valence-corrected chi connectivity index (χ1v) is 19.2. The van der Waals surface area contributed by atoms with Crippen molar-refractivity contribution in [3.05, 3.63) is 0 Å². The third-order valence-corrected chi connectivity index (χ3v) is 16.5. The molecule has 266 valence electrons. The standard InChI is InChI=1S/C39H63NO7/c1-22-19-25(33(35(5,6)43)45-23(2)41)46-31-30(22)36(7)15-16-39-21-38(39)14-13-28(47-29-20-40(17-18-44-29)24-9-10-24)34(3,4)26(38)11-12-27(39)37(36,8)32(31)42/h22,24-33,42-43H,9-21H2,1-8H3/t22-,25-,26+,27+,28+,29+,30+,31+,32+,33+,36-,37-,38-,39+/m1/s1. The summed E-state index contributed by atoms with van der Waals surface area (Å²) in [5.41, 5.74) is -0.854. The largest absolute Gasteiger partial charge is 0.457 e. The normalized spacial score (nSPS) is 52.7. The molecule has 0 aromatic carbocycles. The quantitative estimate of drug-likeness (QED) is 0.351. The van der Waals surface area contributed by atoms with E-state index < -0.39 is 29.9 Å². The molecule has 0 amide bonds. The van der Waals surface area contributed by atoms with Gasteiger partial charge in [0.2, 0.25) is 0 Å². The van der Waals surface area contributed by atoms with Crippen LogP contribution in [0.15, 0.2) is 0 Å². The number of fused-ring (bicyclic) bond motifs is 4. The molecular weight excluding hydrogens is 594 g/mol. The molecule has 2 N–H and O–H groups in total. The number of hydrogen-bond donors (Lipinski definition) is 2. The molecule has 0 radical (unpaired) electrons. The number of aliphatic hydroxyl groups is 2. The second-order valence-corrected chi connectivity index (χ2v) is 19.4. The lowest BCUT2D eigenvalue weighted by Gasteiger charge is -2.64. The van der Waals surface area contributed by atoms with Crippen LogP contribution in [-0.4, -0.2) is 89.2 Å². The van der Waals surface area contributed by atoms with Gasteiger partial charge in [-0.3, -0.25) is 9.69 Å². The maximum absolute atomic E-state index is 12.6. The lowest BCUT2D eigenvalue weighted by molar-refractivity contribution is -0.249. The van der Waals surface area contributed by atoms with Crippen molar-refractivity contribution in [2.75, 3.05) is 19.7 Å². The Kier molecular flexibility index (Phi) is 7.55. The average molecular weight is 658 g/mol. The Hall–Kier alpha value is -0.770. The number of rotatable bonds is 6. The highest BCUT2D eigenvalue weighted by atomic mass is 16.7. The Morgan fingerprint density at radius 1 is 1.00 bits per heavy atom. The van der Waals surface area contributed by atoms with Gasteiger partial charge in [0.1, 0.15) is 0 Å². The molecular formula is C39H63NO7. The predicted octanol–water partition coefficient (Wildman–Crippen LogP) is 5.71. The van der Waals surface area contributed by atoms with Gasteiger partial charge < -0.3 is 29.2 Å². The average Bonchev–Trinajstić information content (AvgIpc) is 3.91. The van der Waals surface area contributed by atoms with Crippen LogP contribution in [0.3, 0.4) is 0 Å². The summed E-state index contributed by atoms with van der Waals surface area (Å²) in [6.45, 7) is 19.7. The number of esters is 1. The highest BCUT2D eigenvalue weighted by Gasteiger charge is 2.84. The third kappa shape index (κ3) is 4.55. The predicted molar refractivity (Wildman–Crippen MR) is 177 cm³/mol. The van der Waals surface area contributed by atoms with Gasteiger partial charge in [-0.15, -0.1) is 0 Å². The van der Waals surface area contributed by atoms with Crippen LogP contribution in [-0.2, 0) is 23.7 Å². The van der Waals surface area contributed by atoms with E-state index in [1.54, 1.807) is 13.8 Å². The molecule has 0 aromatic rings. The fraction of sp³-hybridized carbons (Fsp3) is 0.974. The van der Waals surface area contributed by atoms with Crippen molar-refractivity contribution in [2.24, 2.45) is 50.7 Å². The molecule has 47 heavy (non-hydrogen) atoms. The number of nitrogens with zero attached hydrogens (tertiary/aromatic N) is 1. The summed E-state index contributed by atoms with van der Waals surface area (Å²) in [5.74, 6) is 1.18. The minimum Gasteiger partial charge on any atom is -0.457 e.